The standard InChI is InChI=1S/2C8H17.C4H6O7S.Ca/c2*1-3-5-7-8-6-4-2;5-3(6)1-2(4(7)8)12(9,10)11;/h2*1,3-8H2,2H3;2H,1H2,(H,5,6)(H,7,8)(H,9,10,11);. The minimum atomic E-state index is -4.84. The number of rotatable bonds is 18. The van der Waals surface area contributed by atoms with E-state index in [1.165, 1.54) is 64.2 Å². The van der Waals surface area contributed by atoms with Crippen molar-refractivity contribution in [1.29, 1.82) is 0 Å². The van der Waals surface area contributed by atoms with Crippen molar-refractivity contribution in [2.75, 3.05) is 0 Å². The second-order valence-corrected chi connectivity index (χ2v) is 12.4. The van der Waals surface area contributed by atoms with Crippen molar-refractivity contribution in [3.63, 3.8) is 0 Å². The van der Waals surface area contributed by atoms with E-state index < -0.39 is 33.7 Å². The number of carboxylic acid groups (broad SMARTS) is 2. The fourth-order valence-electron chi connectivity index (χ4n) is 2.92. The summed E-state index contributed by atoms with van der Waals surface area (Å²) in [6.07, 6.45) is 16.7. The predicted molar refractivity (Wildman–Crippen MR) is 117 cm³/mol. The summed E-state index contributed by atoms with van der Waals surface area (Å²) in [5, 5.41) is 13.9. The second-order valence-electron chi connectivity index (χ2n) is 7.54. The van der Waals surface area contributed by atoms with Crippen molar-refractivity contribution in [2.45, 2.75) is 108 Å². The van der Waals surface area contributed by atoms with E-state index in [1.807, 2.05) is 0 Å². The number of hydrogen-bond acceptors (Lipinski definition) is 4. The summed E-state index contributed by atoms with van der Waals surface area (Å²) in [4.78, 5) is 20.0. The van der Waals surface area contributed by atoms with Gasteiger partial charge in [-0.1, -0.05) is 0 Å². The zero-order chi connectivity index (χ0) is 22.5. The maximum Gasteiger partial charge on any atom is 0.325 e. The van der Waals surface area contributed by atoms with E-state index in [1.54, 1.807) is 17.9 Å². The van der Waals surface area contributed by atoms with Crippen LogP contribution in [0.5, 0.6) is 0 Å². The van der Waals surface area contributed by atoms with Gasteiger partial charge in [0.2, 0.25) is 0 Å². The van der Waals surface area contributed by atoms with Crippen molar-refractivity contribution in [2.24, 2.45) is 0 Å². The fourth-order valence-corrected chi connectivity index (χ4v) is 6.29. The monoisotopic (exact) mass is 464 g/mol. The third-order valence-corrected chi connectivity index (χ3v) is 8.91. The van der Waals surface area contributed by atoms with Crippen molar-refractivity contribution >= 4 is 55.9 Å². The van der Waals surface area contributed by atoms with E-state index in [4.69, 9.17) is 14.8 Å². The van der Waals surface area contributed by atoms with Gasteiger partial charge >= 0.3 is 142 Å². The van der Waals surface area contributed by atoms with E-state index in [9.17, 15) is 18.0 Å². The molecule has 0 aromatic carbocycles. The Morgan fingerprint density at radius 3 is 1.41 bits per heavy atom. The van der Waals surface area contributed by atoms with E-state index >= 15 is 0 Å². The van der Waals surface area contributed by atoms with Crippen molar-refractivity contribution in [1.82, 2.24) is 0 Å². The Hall–Kier alpha value is 0.110. The van der Waals surface area contributed by atoms with Crippen LogP contribution >= 0.6 is 0 Å². The summed E-state index contributed by atoms with van der Waals surface area (Å²) in [5.41, 5.74) is 0. The molecule has 0 amide bonds. The molecule has 0 saturated heterocycles. The molecule has 7 nitrogen and oxygen atoms in total. The van der Waals surface area contributed by atoms with Crippen LogP contribution in [0.15, 0.2) is 0 Å². The molecule has 3 N–H and O–H groups in total. The van der Waals surface area contributed by atoms with Gasteiger partial charge in [0.1, 0.15) is 0 Å². The van der Waals surface area contributed by atoms with Gasteiger partial charge in [0, 0.05) is 0 Å². The van der Waals surface area contributed by atoms with Crippen LogP contribution in [-0.2, 0) is 19.7 Å². The summed E-state index contributed by atoms with van der Waals surface area (Å²) >= 11 is -0.0720. The molecule has 0 aliphatic carbocycles. The summed E-state index contributed by atoms with van der Waals surface area (Å²) in [6.45, 7) is 4.60. The third-order valence-electron chi connectivity index (χ3n) is 4.70. The largest absolute Gasteiger partial charge is 0.481 e. The van der Waals surface area contributed by atoms with Gasteiger partial charge in [-0.05, 0) is 0 Å². The van der Waals surface area contributed by atoms with Gasteiger partial charge < -0.3 is 10.2 Å². The molecular weight excluding hydrogens is 424 g/mol. The first-order chi connectivity index (χ1) is 13.7. The summed E-state index contributed by atoms with van der Waals surface area (Å²) in [5.74, 6) is -3.50. The average Bonchev–Trinajstić information content (AvgIpc) is 2.63. The van der Waals surface area contributed by atoms with Crippen LogP contribution in [0.4, 0.5) is 0 Å². The minimum absolute atomic E-state index is 0.0720. The number of carboxylic acids is 2. The Kier molecular flexibility index (Phi) is 23.0. The minimum Gasteiger partial charge on any atom is -0.481 e. The number of hydrogen-bond donors (Lipinski definition) is 3. The average molecular weight is 465 g/mol. The smallest absolute Gasteiger partial charge is 0.325 e. The van der Waals surface area contributed by atoms with Crippen molar-refractivity contribution in [3.8, 4) is 0 Å². The Morgan fingerprint density at radius 1 is 0.759 bits per heavy atom. The van der Waals surface area contributed by atoms with Gasteiger partial charge in [-0.15, -0.1) is 0 Å². The van der Waals surface area contributed by atoms with Crippen LogP contribution in [0.25, 0.3) is 0 Å². The quantitative estimate of drug-likeness (QED) is 0.147. The zero-order valence-corrected chi connectivity index (χ0v) is 21.3. The van der Waals surface area contributed by atoms with Gasteiger partial charge in [0.15, 0.2) is 5.25 Å². The Bertz CT molecular complexity index is 495. The van der Waals surface area contributed by atoms with Crippen molar-refractivity contribution in [3.05, 3.63) is 0 Å². The number of unbranched alkanes of at least 4 members (excludes halogenated alkanes) is 10. The van der Waals surface area contributed by atoms with Gasteiger partial charge in [-0.2, -0.15) is 8.42 Å². The summed E-state index contributed by atoms with van der Waals surface area (Å²) < 4.78 is 32.0. The molecule has 0 bridgehead atoms. The molecule has 0 aliphatic heterocycles. The predicted octanol–water partition coefficient (Wildman–Crippen LogP) is 5.05. The Labute approximate surface area is 195 Å². The molecule has 0 heterocycles. The molecule has 0 spiro atoms. The molecule has 170 valence electrons. The van der Waals surface area contributed by atoms with E-state index in [0.717, 1.165) is 0 Å². The number of aliphatic carboxylic acids is 2. The molecule has 29 heavy (non-hydrogen) atoms. The van der Waals surface area contributed by atoms with Crippen molar-refractivity contribution < 1.29 is 32.8 Å². The van der Waals surface area contributed by atoms with Gasteiger partial charge in [0.05, 0.1) is 6.42 Å². The normalized spacial score (nSPS) is 11.8. The molecule has 0 aromatic rings. The zero-order valence-electron chi connectivity index (χ0n) is 18.3. The molecular formula is C20H40CaO7S. The number of carbonyl (C=O) groups is 2. The molecule has 0 fully saturated rings. The Morgan fingerprint density at radius 2 is 1.14 bits per heavy atom. The van der Waals surface area contributed by atoms with E-state index in [0.29, 0.717) is 0 Å². The van der Waals surface area contributed by atoms with Gasteiger partial charge in [0.25, 0.3) is 10.1 Å². The van der Waals surface area contributed by atoms with E-state index in [-0.39, 0.29) is 33.8 Å². The van der Waals surface area contributed by atoms with Crippen LogP contribution in [0.3, 0.4) is 0 Å². The molecule has 1 unspecified atom stereocenters. The van der Waals surface area contributed by atoms with Crippen LogP contribution in [0.2, 0.25) is 5.04 Å². The van der Waals surface area contributed by atoms with Gasteiger partial charge in [-0.3, -0.25) is 14.1 Å². The molecule has 0 aromatic heterocycles. The summed E-state index contributed by atoms with van der Waals surface area (Å²) in [6, 6.07) is 0. The van der Waals surface area contributed by atoms with Crippen LogP contribution in [-0.4, -0.2) is 74.2 Å². The fraction of sp³-hybridized carbons (Fsp3) is 0.900. The molecule has 0 radical (unpaired) electrons. The van der Waals surface area contributed by atoms with Crippen LogP contribution in [0, 0.1) is 0 Å². The first-order valence-electron chi connectivity index (χ1n) is 11.1. The summed E-state index contributed by atoms with van der Waals surface area (Å²) in [7, 11) is -4.84. The molecule has 1 atom stereocenters. The first kappa shape index (κ1) is 31.3. The second kappa shape index (κ2) is 21.3. The first-order valence-corrected chi connectivity index (χ1v) is 15.7. The SMILES string of the molecule is CCCCCCC[CH2][Ca][CH2]CCCCCCC.O=C(O)CC(C(=O)O)S(=O)(=O)O. The third kappa shape index (κ3) is 24.3. The Balaban J connectivity index is 0. The maximum atomic E-state index is 10.2. The maximum absolute atomic E-state index is 10.2. The van der Waals surface area contributed by atoms with E-state index in [2.05, 4.69) is 13.8 Å². The van der Waals surface area contributed by atoms with Gasteiger partial charge in [-0.25, -0.2) is 0 Å². The van der Waals surface area contributed by atoms with Crippen LogP contribution in [0.1, 0.15) is 97.3 Å². The topological polar surface area (TPSA) is 129 Å². The van der Waals surface area contributed by atoms with Crippen LogP contribution < -0.4 is 0 Å². The molecule has 0 saturated carbocycles. The molecule has 9 heteroatoms. The molecule has 0 aliphatic rings. The molecule has 0 rings (SSSR count).